The summed E-state index contributed by atoms with van der Waals surface area (Å²) in [5.41, 5.74) is 0.847. The molecular weight excluding hydrogens is 250 g/mol. The first-order chi connectivity index (χ1) is 9.72. The van der Waals surface area contributed by atoms with Gasteiger partial charge in [0.2, 0.25) is 0 Å². The Kier molecular flexibility index (Phi) is 3.70. The zero-order valence-corrected chi connectivity index (χ0v) is 12.5. The van der Waals surface area contributed by atoms with Gasteiger partial charge in [-0.05, 0) is 37.8 Å². The molecule has 3 nitrogen and oxygen atoms in total. The highest BCUT2D eigenvalue weighted by atomic mass is 16.5. The van der Waals surface area contributed by atoms with Gasteiger partial charge in [-0.15, -0.1) is 0 Å². The maximum atomic E-state index is 5.99. The van der Waals surface area contributed by atoms with Crippen molar-refractivity contribution < 1.29 is 9.15 Å². The highest BCUT2D eigenvalue weighted by Crippen LogP contribution is 2.37. The van der Waals surface area contributed by atoms with Crippen LogP contribution in [-0.4, -0.2) is 13.2 Å². The van der Waals surface area contributed by atoms with Crippen molar-refractivity contribution in [3.8, 4) is 5.75 Å². The molecule has 1 aliphatic carbocycles. The van der Waals surface area contributed by atoms with Crippen molar-refractivity contribution in [2.45, 2.75) is 45.2 Å². The van der Waals surface area contributed by atoms with E-state index in [0.717, 1.165) is 28.4 Å². The Morgan fingerprint density at radius 3 is 3.05 bits per heavy atom. The SMILES string of the molecule is CCCC1CC1NC(C)c1cc2cccc(OC)c2o1. The lowest BCUT2D eigenvalue weighted by atomic mass is 10.2. The van der Waals surface area contributed by atoms with Crippen molar-refractivity contribution >= 4 is 11.0 Å². The van der Waals surface area contributed by atoms with Crippen LogP contribution in [0.2, 0.25) is 0 Å². The third kappa shape index (κ3) is 2.55. The Balaban J connectivity index is 1.74. The quantitative estimate of drug-likeness (QED) is 0.853. The lowest BCUT2D eigenvalue weighted by Crippen LogP contribution is -2.21. The van der Waals surface area contributed by atoms with Crippen LogP contribution in [0.1, 0.15) is 44.9 Å². The standard InChI is InChI=1S/C17H23NO2/c1-4-6-12-9-14(12)18-11(2)16-10-13-7-5-8-15(19-3)17(13)20-16/h5,7-8,10-12,14,18H,4,6,9H2,1-3H3. The molecule has 1 aromatic carbocycles. The Hall–Kier alpha value is -1.48. The van der Waals surface area contributed by atoms with E-state index in [0.29, 0.717) is 6.04 Å². The summed E-state index contributed by atoms with van der Waals surface area (Å²) >= 11 is 0. The molecule has 0 bridgehead atoms. The summed E-state index contributed by atoms with van der Waals surface area (Å²) in [6.07, 6.45) is 3.92. The highest BCUT2D eigenvalue weighted by Gasteiger charge is 2.37. The summed E-state index contributed by atoms with van der Waals surface area (Å²) in [6.45, 7) is 4.43. The van der Waals surface area contributed by atoms with Crippen LogP contribution in [0.4, 0.5) is 0 Å². The second-order valence-corrected chi connectivity index (χ2v) is 5.81. The number of methoxy groups -OCH3 is 1. The molecule has 1 aliphatic rings. The van der Waals surface area contributed by atoms with Crippen LogP contribution in [0.15, 0.2) is 28.7 Å². The van der Waals surface area contributed by atoms with Crippen LogP contribution in [0.3, 0.4) is 0 Å². The van der Waals surface area contributed by atoms with Crippen LogP contribution in [0.5, 0.6) is 5.75 Å². The predicted molar refractivity (Wildman–Crippen MR) is 81.1 cm³/mol. The van der Waals surface area contributed by atoms with Crippen molar-refractivity contribution in [1.29, 1.82) is 0 Å². The molecule has 1 heterocycles. The molecule has 0 radical (unpaired) electrons. The molecule has 1 fully saturated rings. The second kappa shape index (κ2) is 5.49. The van der Waals surface area contributed by atoms with Gasteiger partial charge in [0, 0.05) is 11.4 Å². The molecule has 2 aromatic rings. The normalized spacial score (nSPS) is 22.9. The van der Waals surface area contributed by atoms with Gasteiger partial charge in [-0.1, -0.05) is 25.5 Å². The van der Waals surface area contributed by atoms with Crippen molar-refractivity contribution in [1.82, 2.24) is 5.32 Å². The van der Waals surface area contributed by atoms with Gasteiger partial charge in [0.05, 0.1) is 13.2 Å². The summed E-state index contributed by atoms with van der Waals surface area (Å²) in [5.74, 6) is 2.66. The van der Waals surface area contributed by atoms with Crippen molar-refractivity contribution in [2.24, 2.45) is 5.92 Å². The molecule has 20 heavy (non-hydrogen) atoms. The van der Waals surface area contributed by atoms with Gasteiger partial charge in [-0.2, -0.15) is 0 Å². The third-order valence-corrected chi connectivity index (χ3v) is 4.22. The molecule has 3 heteroatoms. The molecule has 3 atom stereocenters. The van der Waals surface area contributed by atoms with Crippen LogP contribution >= 0.6 is 0 Å². The van der Waals surface area contributed by atoms with E-state index in [9.17, 15) is 0 Å². The van der Waals surface area contributed by atoms with Crippen molar-refractivity contribution in [3.63, 3.8) is 0 Å². The average Bonchev–Trinajstić information content (AvgIpc) is 3.02. The van der Waals surface area contributed by atoms with E-state index in [1.807, 2.05) is 12.1 Å². The third-order valence-electron chi connectivity index (χ3n) is 4.22. The molecule has 1 saturated carbocycles. The molecule has 0 amide bonds. The summed E-state index contributed by atoms with van der Waals surface area (Å²) in [4.78, 5) is 0. The zero-order chi connectivity index (χ0) is 14.1. The Bertz CT molecular complexity index is 590. The minimum Gasteiger partial charge on any atom is -0.493 e. The molecule has 3 unspecified atom stereocenters. The van der Waals surface area contributed by atoms with Gasteiger partial charge in [-0.3, -0.25) is 0 Å². The zero-order valence-electron chi connectivity index (χ0n) is 12.5. The summed E-state index contributed by atoms with van der Waals surface area (Å²) in [5, 5.41) is 4.77. The van der Waals surface area contributed by atoms with Crippen LogP contribution < -0.4 is 10.1 Å². The molecule has 108 valence electrons. The number of fused-ring (bicyclic) bond motifs is 1. The highest BCUT2D eigenvalue weighted by molar-refractivity contribution is 5.83. The average molecular weight is 273 g/mol. The number of furan rings is 1. The number of hydrogen-bond donors (Lipinski definition) is 1. The Morgan fingerprint density at radius 2 is 2.30 bits per heavy atom. The van der Waals surface area contributed by atoms with Gasteiger partial charge < -0.3 is 14.5 Å². The van der Waals surface area contributed by atoms with E-state index in [4.69, 9.17) is 9.15 Å². The van der Waals surface area contributed by atoms with E-state index in [-0.39, 0.29) is 6.04 Å². The second-order valence-electron chi connectivity index (χ2n) is 5.81. The number of para-hydroxylation sites is 1. The number of rotatable bonds is 6. The number of ether oxygens (including phenoxy) is 1. The molecule has 3 rings (SSSR count). The van der Waals surface area contributed by atoms with Gasteiger partial charge in [0.25, 0.3) is 0 Å². The van der Waals surface area contributed by atoms with E-state index >= 15 is 0 Å². The Morgan fingerprint density at radius 1 is 1.45 bits per heavy atom. The van der Waals surface area contributed by atoms with Gasteiger partial charge >= 0.3 is 0 Å². The molecule has 0 spiro atoms. The minimum absolute atomic E-state index is 0.249. The number of hydrogen-bond acceptors (Lipinski definition) is 3. The lowest BCUT2D eigenvalue weighted by Gasteiger charge is -2.10. The maximum absolute atomic E-state index is 5.99. The largest absolute Gasteiger partial charge is 0.493 e. The fraction of sp³-hybridized carbons (Fsp3) is 0.529. The summed E-state index contributed by atoms with van der Waals surface area (Å²) < 4.78 is 11.3. The lowest BCUT2D eigenvalue weighted by molar-refractivity contribution is 0.397. The fourth-order valence-electron chi connectivity index (χ4n) is 2.98. The fourth-order valence-corrected chi connectivity index (χ4v) is 2.98. The number of benzene rings is 1. The molecule has 1 aromatic heterocycles. The van der Waals surface area contributed by atoms with E-state index in [1.165, 1.54) is 19.3 Å². The monoisotopic (exact) mass is 273 g/mol. The van der Waals surface area contributed by atoms with Crippen LogP contribution in [0, 0.1) is 5.92 Å². The van der Waals surface area contributed by atoms with E-state index in [1.54, 1.807) is 7.11 Å². The summed E-state index contributed by atoms with van der Waals surface area (Å²) in [7, 11) is 1.68. The maximum Gasteiger partial charge on any atom is 0.176 e. The number of nitrogens with one attached hydrogen (secondary N) is 1. The van der Waals surface area contributed by atoms with E-state index < -0.39 is 0 Å². The topological polar surface area (TPSA) is 34.4 Å². The minimum atomic E-state index is 0.249. The van der Waals surface area contributed by atoms with Crippen molar-refractivity contribution in [2.75, 3.05) is 7.11 Å². The smallest absolute Gasteiger partial charge is 0.176 e. The molecule has 0 saturated heterocycles. The summed E-state index contributed by atoms with van der Waals surface area (Å²) in [6, 6.07) is 9.03. The van der Waals surface area contributed by atoms with Gasteiger partial charge in [0.15, 0.2) is 11.3 Å². The first-order valence-corrected chi connectivity index (χ1v) is 7.55. The van der Waals surface area contributed by atoms with E-state index in [2.05, 4.69) is 31.3 Å². The van der Waals surface area contributed by atoms with Crippen LogP contribution in [-0.2, 0) is 0 Å². The van der Waals surface area contributed by atoms with Crippen LogP contribution in [0.25, 0.3) is 11.0 Å². The molecule has 1 N–H and O–H groups in total. The first kappa shape index (κ1) is 13.5. The van der Waals surface area contributed by atoms with Crippen molar-refractivity contribution in [3.05, 3.63) is 30.0 Å². The predicted octanol–water partition coefficient (Wildman–Crippen LogP) is 4.28. The molecular formula is C17H23NO2. The van der Waals surface area contributed by atoms with Gasteiger partial charge in [0.1, 0.15) is 5.76 Å². The Labute approximate surface area is 120 Å². The van der Waals surface area contributed by atoms with Gasteiger partial charge in [-0.25, -0.2) is 0 Å². The molecule has 0 aliphatic heterocycles. The first-order valence-electron chi connectivity index (χ1n) is 7.55.